The summed E-state index contributed by atoms with van der Waals surface area (Å²) in [6.45, 7) is 4.38. The number of halogens is 1. The molecule has 0 radical (unpaired) electrons. The Kier molecular flexibility index (Phi) is 6.08. The summed E-state index contributed by atoms with van der Waals surface area (Å²) in [6.07, 6.45) is 7.78. The Morgan fingerprint density at radius 3 is 2.18 bits per heavy atom. The van der Waals surface area contributed by atoms with Crippen molar-refractivity contribution in [1.29, 1.82) is 0 Å². The Hall–Kier alpha value is -2.71. The molecule has 4 aliphatic carbocycles. The highest BCUT2D eigenvalue weighted by atomic mass is 32.1. The van der Waals surface area contributed by atoms with Gasteiger partial charge in [-0.05, 0) is 105 Å². The van der Waals surface area contributed by atoms with E-state index in [1.165, 1.54) is 50.7 Å². The van der Waals surface area contributed by atoms with E-state index in [0.717, 1.165) is 71.7 Å². The number of piperazine rings is 1. The number of para-hydroxylation sites is 2. The molecule has 6 nitrogen and oxygen atoms in total. The summed E-state index contributed by atoms with van der Waals surface area (Å²) in [5.74, 6) is 4.23. The quantitative estimate of drug-likeness (QED) is 0.375. The number of benzene rings is 2. The van der Waals surface area contributed by atoms with Gasteiger partial charge in [0.2, 0.25) is 4.77 Å². The average Bonchev–Trinajstić information content (AvgIpc) is 3.25. The largest absolute Gasteiger partial charge is 0.495 e. The van der Waals surface area contributed by atoms with Crippen LogP contribution in [-0.4, -0.2) is 52.5 Å². The number of nitrogens with zero attached hydrogens (tertiary/aromatic N) is 5. The van der Waals surface area contributed by atoms with E-state index in [9.17, 15) is 4.39 Å². The number of rotatable bonds is 6. The van der Waals surface area contributed by atoms with Gasteiger partial charge in [0.25, 0.3) is 0 Å². The second kappa shape index (κ2) is 9.49. The number of aromatic nitrogens is 3. The minimum atomic E-state index is -0.225. The Morgan fingerprint density at radius 1 is 0.921 bits per heavy atom. The first-order chi connectivity index (χ1) is 18.5. The molecule has 0 amide bonds. The number of anilines is 1. The molecule has 0 unspecified atom stereocenters. The summed E-state index contributed by atoms with van der Waals surface area (Å²) >= 11 is 6.10. The third kappa shape index (κ3) is 4.16. The van der Waals surface area contributed by atoms with Gasteiger partial charge in [0.1, 0.15) is 17.4 Å². The van der Waals surface area contributed by atoms with Gasteiger partial charge in [0, 0.05) is 37.3 Å². The van der Waals surface area contributed by atoms with Crippen molar-refractivity contribution >= 4 is 17.9 Å². The number of hydrogen-bond acceptors (Lipinski definition) is 5. The molecule has 1 aromatic heterocycles. The fourth-order valence-electron chi connectivity index (χ4n) is 8.26. The first-order valence-corrected chi connectivity index (χ1v) is 14.5. The maximum Gasteiger partial charge on any atom is 0.203 e. The van der Waals surface area contributed by atoms with Crippen molar-refractivity contribution in [3.05, 3.63) is 64.9 Å². The Morgan fingerprint density at radius 2 is 1.55 bits per heavy atom. The maximum absolute atomic E-state index is 13.9. The van der Waals surface area contributed by atoms with Crippen molar-refractivity contribution in [3.8, 4) is 11.4 Å². The van der Waals surface area contributed by atoms with Crippen molar-refractivity contribution in [2.45, 2.75) is 50.6 Å². The van der Waals surface area contributed by atoms with Gasteiger partial charge in [-0.2, -0.15) is 5.10 Å². The van der Waals surface area contributed by atoms with Gasteiger partial charge in [-0.3, -0.25) is 9.47 Å². The van der Waals surface area contributed by atoms with Crippen LogP contribution in [0.4, 0.5) is 10.1 Å². The van der Waals surface area contributed by atoms with E-state index >= 15 is 0 Å². The first kappa shape index (κ1) is 24.3. The molecule has 8 rings (SSSR count). The summed E-state index contributed by atoms with van der Waals surface area (Å²) in [5, 5.41) is 5.30. The zero-order valence-electron chi connectivity index (χ0n) is 22.1. The molecule has 1 saturated heterocycles. The fraction of sp³-hybridized carbons (Fsp3) is 0.533. The van der Waals surface area contributed by atoms with E-state index < -0.39 is 0 Å². The van der Waals surface area contributed by atoms with Crippen molar-refractivity contribution in [3.63, 3.8) is 0 Å². The third-order valence-corrected chi connectivity index (χ3v) is 9.96. The van der Waals surface area contributed by atoms with Gasteiger partial charge in [0.15, 0.2) is 0 Å². The predicted molar refractivity (Wildman–Crippen MR) is 149 cm³/mol. The SMILES string of the molecule is COc1ccccc1N1CCN(Cn2nc(C34CC5CC(CC(C5)C3)C4)n(-c3ccc(F)cc3)c2=S)CC1. The molecular weight excluding hydrogens is 497 g/mol. The van der Waals surface area contributed by atoms with E-state index in [2.05, 4.69) is 26.5 Å². The maximum atomic E-state index is 13.9. The molecule has 4 bridgehead atoms. The lowest BCUT2D eigenvalue weighted by Crippen LogP contribution is -2.49. The van der Waals surface area contributed by atoms with Gasteiger partial charge in [-0.25, -0.2) is 9.07 Å². The molecule has 200 valence electrons. The van der Waals surface area contributed by atoms with Gasteiger partial charge >= 0.3 is 0 Å². The van der Waals surface area contributed by atoms with Crippen LogP contribution in [0, 0.1) is 28.3 Å². The molecule has 1 aliphatic heterocycles. The van der Waals surface area contributed by atoms with Crippen LogP contribution in [-0.2, 0) is 12.1 Å². The zero-order chi connectivity index (χ0) is 25.9. The van der Waals surface area contributed by atoms with E-state index in [0.29, 0.717) is 6.67 Å². The average molecular weight is 534 g/mol. The van der Waals surface area contributed by atoms with Crippen LogP contribution in [0.2, 0.25) is 0 Å². The standard InChI is InChI=1S/C30H36FN5OS/c1-37-27-5-3-2-4-26(27)34-12-10-33(11-13-34)20-35-29(38)36(25-8-6-24(31)7-9-25)28(32-35)30-17-21-14-22(18-30)16-23(15-21)19-30/h2-9,21-23H,10-20H2,1H3. The summed E-state index contributed by atoms with van der Waals surface area (Å²) in [6, 6.07) is 15.0. The molecule has 5 aliphatic rings. The molecule has 2 aromatic carbocycles. The van der Waals surface area contributed by atoms with Crippen molar-refractivity contribution in [2.24, 2.45) is 17.8 Å². The molecule has 0 N–H and O–H groups in total. The Bertz CT molecular complexity index is 1340. The highest BCUT2D eigenvalue weighted by molar-refractivity contribution is 7.71. The minimum absolute atomic E-state index is 0.0878. The molecule has 2 heterocycles. The van der Waals surface area contributed by atoms with Crippen molar-refractivity contribution < 1.29 is 9.13 Å². The monoisotopic (exact) mass is 533 g/mol. The van der Waals surface area contributed by atoms with Gasteiger partial charge in [-0.15, -0.1) is 0 Å². The van der Waals surface area contributed by atoms with Gasteiger partial charge in [-0.1, -0.05) is 12.1 Å². The number of ether oxygens (including phenoxy) is 1. The van der Waals surface area contributed by atoms with Crippen LogP contribution in [0.1, 0.15) is 44.3 Å². The second-order valence-corrected chi connectivity index (χ2v) is 12.4. The van der Waals surface area contributed by atoms with Crippen molar-refractivity contribution in [1.82, 2.24) is 19.2 Å². The molecule has 5 fully saturated rings. The van der Waals surface area contributed by atoms with E-state index in [-0.39, 0.29) is 11.2 Å². The lowest BCUT2D eigenvalue weighted by molar-refractivity contribution is -0.0105. The number of hydrogen-bond donors (Lipinski definition) is 0. The zero-order valence-corrected chi connectivity index (χ0v) is 22.9. The van der Waals surface area contributed by atoms with E-state index in [1.807, 2.05) is 28.9 Å². The molecular formula is C30H36FN5OS. The predicted octanol–water partition coefficient (Wildman–Crippen LogP) is 5.80. The summed E-state index contributed by atoms with van der Waals surface area (Å²) in [7, 11) is 1.73. The normalized spacial score (nSPS) is 28.7. The van der Waals surface area contributed by atoms with Gasteiger partial charge < -0.3 is 9.64 Å². The third-order valence-electron chi connectivity index (χ3n) is 9.57. The van der Waals surface area contributed by atoms with Gasteiger partial charge in [0.05, 0.1) is 19.5 Å². The Balaban J connectivity index is 1.18. The van der Waals surface area contributed by atoms with Crippen LogP contribution in [0.5, 0.6) is 5.75 Å². The van der Waals surface area contributed by atoms with E-state index in [1.54, 1.807) is 7.11 Å². The van der Waals surface area contributed by atoms with Crippen LogP contribution in [0.15, 0.2) is 48.5 Å². The highest BCUT2D eigenvalue weighted by Gasteiger charge is 2.54. The summed E-state index contributed by atoms with van der Waals surface area (Å²) in [4.78, 5) is 4.83. The van der Waals surface area contributed by atoms with Crippen LogP contribution in [0.25, 0.3) is 5.69 Å². The molecule has 38 heavy (non-hydrogen) atoms. The number of methoxy groups -OCH3 is 1. The van der Waals surface area contributed by atoms with Crippen molar-refractivity contribution in [2.75, 3.05) is 38.2 Å². The van der Waals surface area contributed by atoms with Crippen LogP contribution < -0.4 is 9.64 Å². The smallest absolute Gasteiger partial charge is 0.203 e. The molecule has 3 aromatic rings. The topological polar surface area (TPSA) is 38.5 Å². The fourth-order valence-corrected chi connectivity index (χ4v) is 8.55. The molecule has 0 spiro atoms. The second-order valence-electron chi connectivity index (χ2n) is 12.0. The van der Waals surface area contributed by atoms with E-state index in [4.69, 9.17) is 22.1 Å². The first-order valence-electron chi connectivity index (χ1n) is 14.1. The molecule has 4 saturated carbocycles. The lowest BCUT2D eigenvalue weighted by Gasteiger charge is -2.56. The summed E-state index contributed by atoms with van der Waals surface area (Å²) < 4.78 is 24.4. The highest BCUT2D eigenvalue weighted by Crippen LogP contribution is 2.60. The summed E-state index contributed by atoms with van der Waals surface area (Å²) in [5.41, 5.74) is 2.16. The lowest BCUT2D eigenvalue weighted by atomic mass is 9.49. The Labute approximate surface area is 229 Å². The minimum Gasteiger partial charge on any atom is -0.495 e. The van der Waals surface area contributed by atoms with Crippen LogP contribution >= 0.6 is 12.2 Å². The van der Waals surface area contributed by atoms with Crippen LogP contribution in [0.3, 0.4) is 0 Å². The molecule has 0 atom stereocenters. The molecule has 8 heteroatoms.